The van der Waals surface area contributed by atoms with Crippen molar-refractivity contribution in [3.63, 3.8) is 0 Å². The number of aromatic carboxylic acids is 1. The molecule has 0 bridgehead atoms. The minimum atomic E-state index is -1.12. The van der Waals surface area contributed by atoms with Crippen molar-refractivity contribution in [1.82, 2.24) is 9.97 Å². The number of phenols is 1. The van der Waals surface area contributed by atoms with Crippen LogP contribution in [0.4, 0.5) is 0 Å². The van der Waals surface area contributed by atoms with Crippen molar-refractivity contribution >= 4 is 5.97 Å². The summed E-state index contributed by atoms with van der Waals surface area (Å²) in [6.07, 6.45) is 2.51. The van der Waals surface area contributed by atoms with Gasteiger partial charge in [-0.05, 0) is 12.1 Å². The van der Waals surface area contributed by atoms with Gasteiger partial charge < -0.3 is 14.9 Å². The SMILES string of the molecule is O=C(O)c1cnc(COc2cccc(O)c2)cn1. The maximum Gasteiger partial charge on any atom is 0.356 e. The van der Waals surface area contributed by atoms with Crippen molar-refractivity contribution in [2.45, 2.75) is 6.61 Å². The molecule has 1 heterocycles. The Balaban J connectivity index is 2.00. The van der Waals surface area contributed by atoms with E-state index in [9.17, 15) is 9.90 Å². The lowest BCUT2D eigenvalue weighted by Crippen LogP contribution is -2.04. The number of rotatable bonds is 4. The van der Waals surface area contributed by atoms with E-state index < -0.39 is 5.97 Å². The van der Waals surface area contributed by atoms with Crippen LogP contribution in [-0.2, 0) is 6.61 Å². The van der Waals surface area contributed by atoms with Gasteiger partial charge in [-0.15, -0.1) is 0 Å². The molecule has 6 nitrogen and oxygen atoms in total. The lowest BCUT2D eigenvalue weighted by atomic mass is 10.3. The Labute approximate surface area is 103 Å². The Morgan fingerprint density at radius 1 is 1.28 bits per heavy atom. The van der Waals surface area contributed by atoms with E-state index >= 15 is 0 Å². The van der Waals surface area contributed by atoms with Gasteiger partial charge in [0, 0.05) is 6.07 Å². The van der Waals surface area contributed by atoms with Crippen LogP contribution in [0, 0.1) is 0 Å². The second kappa shape index (κ2) is 5.13. The quantitative estimate of drug-likeness (QED) is 0.848. The van der Waals surface area contributed by atoms with E-state index in [1.165, 1.54) is 24.5 Å². The van der Waals surface area contributed by atoms with Gasteiger partial charge in [0.25, 0.3) is 0 Å². The van der Waals surface area contributed by atoms with Crippen LogP contribution in [-0.4, -0.2) is 26.2 Å². The third-order valence-electron chi connectivity index (χ3n) is 2.13. The molecule has 0 amide bonds. The number of aromatic nitrogens is 2. The molecule has 0 radical (unpaired) electrons. The van der Waals surface area contributed by atoms with Gasteiger partial charge in [0.1, 0.15) is 18.1 Å². The van der Waals surface area contributed by atoms with Gasteiger partial charge in [0.15, 0.2) is 5.69 Å². The number of hydrogen-bond acceptors (Lipinski definition) is 5. The molecule has 0 fully saturated rings. The number of carboxylic acid groups (broad SMARTS) is 1. The molecule has 0 spiro atoms. The Morgan fingerprint density at radius 2 is 2.11 bits per heavy atom. The van der Waals surface area contributed by atoms with Gasteiger partial charge in [-0.2, -0.15) is 0 Å². The molecule has 92 valence electrons. The predicted octanol–water partition coefficient (Wildman–Crippen LogP) is 1.46. The molecule has 1 aromatic heterocycles. The number of ether oxygens (including phenoxy) is 1. The summed E-state index contributed by atoms with van der Waals surface area (Å²) < 4.78 is 5.36. The molecule has 0 saturated carbocycles. The summed E-state index contributed by atoms with van der Waals surface area (Å²) in [4.78, 5) is 18.2. The average Bonchev–Trinajstić information content (AvgIpc) is 2.37. The molecule has 2 rings (SSSR count). The van der Waals surface area contributed by atoms with Crippen LogP contribution in [0.25, 0.3) is 0 Å². The van der Waals surface area contributed by atoms with Crippen LogP contribution >= 0.6 is 0 Å². The number of hydrogen-bond donors (Lipinski definition) is 2. The Kier molecular flexibility index (Phi) is 3.38. The first kappa shape index (κ1) is 11.8. The largest absolute Gasteiger partial charge is 0.508 e. The number of phenolic OH excluding ortho intramolecular Hbond substituents is 1. The lowest BCUT2D eigenvalue weighted by molar-refractivity contribution is 0.0689. The van der Waals surface area contributed by atoms with E-state index in [1.54, 1.807) is 12.1 Å². The number of carboxylic acids is 1. The highest BCUT2D eigenvalue weighted by Gasteiger charge is 2.05. The second-order valence-corrected chi connectivity index (χ2v) is 3.48. The zero-order chi connectivity index (χ0) is 13.0. The van der Waals surface area contributed by atoms with Gasteiger partial charge in [-0.1, -0.05) is 6.07 Å². The van der Waals surface area contributed by atoms with Crippen LogP contribution in [0.5, 0.6) is 11.5 Å². The van der Waals surface area contributed by atoms with Crippen LogP contribution in [0.3, 0.4) is 0 Å². The molecule has 0 saturated heterocycles. The topological polar surface area (TPSA) is 92.5 Å². The molecule has 6 heteroatoms. The Hall–Kier alpha value is -2.63. The summed E-state index contributed by atoms with van der Waals surface area (Å²) in [6.45, 7) is 0.149. The number of benzene rings is 1. The standard InChI is InChI=1S/C12H10N2O4/c15-9-2-1-3-10(4-9)18-7-8-5-14-11(6-13-8)12(16)17/h1-6,15H,7H2,(H,16,17). The molecule has 1 aromatic carbocycles. The first-order valence-corrected chi connectivity index (χ1v) is 5.11. The van der Waals surface area contributed by atoms with E-state index in [2.05, 4.69) is 9.97 Å². The molecule has 18 heavy (non-hydrogen) atoms. The number of aromatic hydroxyl groups is 1. The van der Waals surface area contributed by atoms with Gasteiger partial charge in [0.05, 0.1) is 18.1 Å². The molecule has 0 unspecified atom stereocenters. The van der Waals surface area contributed by atoms with Crippen LogP contribution in [0.1, 0.15) is 16.2 Å². The van der Waals surface area contributed by atoms with Crippen molar-refractivity contribution in [1.29, 1.82) is 0 Å². The summed E-state index contributed by atoms with van der Waals surface area (Å²) in [5.41, 5.74) is 0.388. The average molecular weight is 246 g/mol. The predicted molar refractivity (Wildman–Crippen MR) is 61.4 cm³/mol. The van der Waals surface area contributed by atoms with Crippen molar-refractivity contribution in [2.75, 3.05) is 0 Å². The molecule has 0 aliphatic heterocycles. The number of nitrogens with zero attached hydrogens (tertiary/aromatic N) is 2. The molecular weight excluding hydrogens is 236 g/mol. The van der Waals surface area contributed by atoms with Crippen LogP contribution in [0.15, 0.2) is 36.7 Å². The summed E-state index contributed by atoms with van der Waals surface area (Å²) in [5.74, 6) is -0.512. The Morgan fingerprint density at radius 3 is 2.72 bits per heavy atom. The minimum Gasteiger partial charge on any atom is -0.508 e. The fourth-order valence-electron chi connectivity index (χ4n) is 1.27. The van der Waals surface area contributed by atoms with Gasteiger partial charge in [-0.25, -0.2) is 9.78 Å². The van der Waals surface area contributed by atoms with E-state index in [0.717, 1.165) is 0 Å². The molecule has 2 N–H and O–H groups in total. The highest BCUT2D eigenvalue weighted by Crippen LogP contribution is 2.18. The summed E-state index contributed by atoms with van der Waals surface area (Å²) in [6, 6.07) is 6.36. The second-order valence-electron chi connectivity index (χ2n) is 3.48. The fraction of sp³-hybridized carbons (Fsp3) is 0.0833. The van der Waals surface area contributed by atoms with E-state index in [0.29, 0.717) is 11.4 Å². The number of carbonyl (C=O) groups is 1. The zero-order valence-corrected chi connectivity index (χ0v) is 9.28. The highest BCUT2D eigenvalue weighted by molar-refractivity contribution is 5.84. The van der Waals surface area contributed by atoms with Crippen molar-refractivity contribution < 1.29 is 19.7 Å². The first-order chi connectivity index (χ1) is 8.65. The van der Waals surface area contributed by atoms with Crippen molar-refractivity contribution in [3.8, 4) is 11.5 Å². The van der Waals surface area contributed by atoms with Crippen LogP contribution in [0.2, 0.25) is 0 Å². The molecule has 2 aromatic rings. The maximum atomic E-state index is 10.6. The van der Waals surface area contributed by atoms with Gasteiger partial charge >= 0.3 is 5.97 Å². The van der Waals surface area contributed by atoms with Gasteiger partial charge in [-0.3, -0.25) is 4.98 Å². The maximum absolute atomic E-state index is 10.6. The summed E-state index contributed by atoms with van der Waals surface area (Å²) >= 11 is 0. The van der Waals surface area contributed by atoms with Crippen molar-refractivity contribution in [3.05, 3.63) is 48.0 Å². The monoisotopic (exact) mass is 246 g/mol. The summed E-state index contributed by atoms with van der Waals surface area (Å²) in [7, 11) is 0. The summed E-state index contributed by atoms with van der Waals surface area (Å²) in [5, 5.41) is 17.9. The molecule has 0 atom stereocenters. The van der Waals surface area contributed by atoms with Crippen LogP contribution < -0.4 is 4.74 Å². The first-order valence-electron chi connectivity index (χ1n) is 5.11. The molecular formula is C12H10N2O4. The normalized spacial score (nSPS) is 10.0. The Bertz CT molecular complexity index is 554. The van der Waals surface area contributed by atoms with E-state index in [-0.39, 0.29) is 18.1 Å². The van der Waals surface area contributed by atoms with E-state index in [4.69, 9.17) is 9.84 Å². The minimum absolute atomic E-state index is 0.111. The molecule has 0 aliphatic carbocycles. The van der Waals surface area contributed by atoms with Crippen molar-refractivity contribution in [2.24, 2.45) is 0 Å². The smallest absolute Gasteiger partial charge is 0.356 e. The zero-order valence-electron chi connectivity index (χ0n) is 9.28. The molecule has 0 aliphatic rings. The lowest BCUT2D eigenvalue weighted by Gasteiger charge is -2.05. The van der Waals surface area contributed by atoms with Gasteiger partial charge in [0.2, 0.25) is 0 Å². The third-order valence-corrected chi connectivity index (χ3v) is 2.13. The fourth-order valence-corrected chi connectivity index (χ4v) is 1.27. The highest BCUT2D eigenvalue weighted by atomic mass is 16.5. The third kappa shape index (κ3) is 2.94. The van der Waals surface area contributed by atoms with E-state index in [1.807, 2.05) is 0 Å².